The van der Waals surface area contributed by atoms with Gasteiger partial charge in [-0.15, -0.1) is 0 Å². The van der Waals surface area contributed by atoms with Gasteiger partial charge >= 0.3 is 11.7 Å². The van der Waals surface area contributed by atoms with E-state index in [2.05, 4.69) is 0 Å². The average Bonchev–Trinajstić information content (AvgIpc) is 2.70. The number of nitrogens with zero attached hydrogens (tertiary/aromatic N) is 1. The molecule has 0 radical (unpaired) electrons. The Morgan fingerprint density at radius 2 is 1.89 bits per heavy atom. The number of methoxy groups -OCH3 is 3. The Kier molecular flexibility index (Phi) is 6.76. The monoisotopic (exact) mass is 373 g/mol. The van der Waals surface area contributed by atoms with Gasteiger partial charge < -0.3 is 18.9 Å². The van der Waals surface area contributed by atoms with Gasteiger partial charge in [-0.1, -0.05) is 24.3 Å². The van der Waals surface area contributed by atoms with Crippen LogP contribution in [0.3, 0.4) is 0 Å². The van der Waals surface area contributed by atoms with Crippen LogP contribution in [-0.4, -0.2) is 32.2 Å². The van der Waals surface area contributed by atoms with E-state index in [-0.39, 0.29) is 23.6 Å². The number of carbonyl (C=O) groups is 1. The van der Waals surface area contributed by atoms with E-state index in [1.807, 2.05) is 0 Å². The van der Waals surface area contributed by atoms with Crippen LogP contribution in [0.1, 0.15) is 11.1 Å². The van der Waals surface area contributed by atoms with E-state index >= 15 is 0 Å². The van der Waals surface area contributed by atoms with Crippen LogP contribution in [0.15, 0.2) is 48.7 Å². The van der Waals surface area contributed by atoms with Crippen molar-refractivity contribution in [2.24, 2.45) is 0 Å². The quantitative estimate of drug-likeness (QED) is 0.230. The molecular weight excluding hydrogens is 354 g/mol. The summed E-state index contributed by atoms with van der Waals surface area (Å²) in [4.78, 5) is 22.8. The first-order chi connectivity index (χ1) is 13.0. The SMILES string of the molecule is CO/C=C(/C(=O)OC)c1ccccc1COc1ccc(OC)cc1[N+](=O)[O-]. The molecule has 8 heteroatoms. The Balaban J connectivity index is 2.34. The van der Waals surface area contributed by atoms with Gasteiger partial charge in [0.25, 0.3) is 0 Å². The fourth-order valence-corrected chi connectivity index (χ4v) is 2.40. The molecule has 2 aromatic rings. The fourth-order valence-electron chi connectivity index (χ4n) is 2.40. The van der Waals surface area contributed by atoms with E-state index in [0.29, 0.717) is 16.9 Å². The van der Waals surface area contributed by atoms with E-state index in [1.165, 1.54) is 39.7 Å². The first-order valence-corrected chi connectivity index (χ1v) is 7.86. The van der Waals surface area contributed by atoms with Gasteiger partial charge in [0.05, 0.1) is 38.6 Å². The van der Waals surface area contributed by atoms with Gasteiger partial charge in [0, 0.05) is 0 Å². The lowest BCUT2D eigenvalue weighted by atomic mass is 10.0. The third-order valence-electron chi connectivity index (χ3n) is 3.69. The highest BCUT2D eigenvalue weighted by molar-refractivity contribution is 6.16. The number of benzene rings is 2. The molecule has 0 fully saturated rings. The number of carbonyl (C=O) groups excluding carboxylic acids is 1. The Labute approximate surface area is 156 Å². The minimum Gasteiger partial charge on any atom is -0.503 e. The van der Waals surface area contributed by atoms with Crippen LogP contribution in [0.2, 0.25) is 0 Å². The lowest BCUT2D eigenvalue weighted by Crippen LogP contribution is -2.08. The van der Waals surface area contributed by atoms with Crippen molar-refractivity contribution in [3.05, 3.63) is 70.0 Å². The summed E-state index contributed by atoms with van der Waals surface area (Å²) in [6, 6.07) is 11.3. The molecule has 0 heterocycles. The van der Waals surface area contributed by atoms with Gasteiger partial charge in [0.15, 0.2) is 5.75 Å². The van der Waals surface area contributed by atoms with Gasteiger partial charge in [-0.25, -0.2) is 4.79 Å². The lowest BCUT2D eigenvalue weighted by Gasteiger charge is -2.13. The summed E-state index contributed by atoms with van der Waals surface area (Å²) >= 11 is 0. The Morgan fingerprint density at radius 3 is 2.52 bits per heavy atom. The normalized spacial score (nSPS) is 10.9. The van der Waals surface area contributed by atoms with Crippen LogP contribution in [0.25, 0.3) is 5.57 Å². The molecule has 0 aromatic heterocycles. The van der Waals surface area contributed by atoms with Crippen molar-refractivity contribution in [3.63, 3.8) is 0 Å². The molecule has 0 atom stereocenters. The Hall–Kier alpha value is -3.55. The highest BCUT2D eigenvalue weighted by atomic mass is 16.6. The van der Waals surface area contributed by atoms with Crippen molar-refractivity contribution in [3.8, 4) is 11.5 Å². The predicted octanol–water partition coefficient (Wildman–Crippen LogP) is 3.34. The number of ether oxygens (including phenoxy) is 4. The molecule has 0 aliphatic rings. The topological polar surface area (TPSA) is 97.1 Å². The summed E-state index contributed by atoms with van der Waals surface area (Å²) in [7, 11) is 4.11. The van der Waals surface area contributed by atoms with Crippen LogP contribution in [0.5, 0.6) is 11.5 Å². The van der Waals surface area contributed by atoms with E-state index in [0.717, 1.165) is 0 Å². The summed E-state index contributed by atoms with van der Waals surface area (Å²) in [5.41, 5.74) is 1.18. The molecule has 0 spiro atoms. The molecule has 142 valence electrons. The molecule has 0 aliphatic heterocycles. The molecule has 27 heavy (non-hydrogen) atoms. The van der Waals surface area contributed by atoms with Crippen LogP contribution in [0.4, 0.5) is 5.69 Å². The van der Waals surface area contributed by atoms with Crippen molar-refractivity contribution in [1.29, 1.82) is 0 Å². The number of nitro benzene ring substituents is 1. The van der Waals surface area contributed by atoms with Crippen LogP contribution >= 0.6 is 0 Å². The fraction of sp³-hybridized carbons (Fsp3) is 0.211. The van der Waals surface area contributed by atoms with E-state index in [9.17, 15) is 14.9 Å². The van der Waals surface area contributed by atoms with E-state index in [1.54, 1.807) is 30.3 Å². The standard InChI is InChI=1S/C19H19NO7/c1-24-12-16(19(21)26-3)15-7-5-4-6-13(15)11-27-18-9-8-14(25-2)10-17(18)20(22)23/h4-10,12H,11H2,1-3H3/b16-12+. The molecule has 2 aromatic carbocycles. The predicted molar refractivity (Wildman–Crippen MR) is 97.4 cm³/mol. The zero-order chi connectivity index (χ0) is 19.8. The Bertz CT molecular complexity index is 861. The smallest absolute Gasteiger partial charge is 0.341 e. The molecule has 0 aliphatic carbocycles. The minimum atomic E-state index is -0.570. The summed E-state index contributed by atoms with van der Waals surface area (Å²) < 4.78 is 20.4. The molecule has 0 saturated heterocycles. The second-order valence-electron chi connectivity index (χ2n) is 5.30. The second kappa shape index (κ2) is 9.23. The maximum absolute atomic E-state index is 12.0. The molecular formula is C19H19NO7. The third kappa shape index (κ3) is 4.75. The van der Waals surface area contributed by atoms with Crippen molar-refractivity contribution in [2.45, 2.75) is 6.61 Å². The number of hydrogen-bond donors (Lipinski definition) is 0. The number of nitro groups is 1. The van der Waals surface area contributed by atoms with Crippen molar-refractivity contribution < 1.29 is 28.7 Å². The Morgan fingerprint density at radius 1 is 1.15 bits per heavy atom. The van der Waals surface area contributed by atoms with Gasteiger partial charge in [-0.05, 0) is 23.3 Å². The minimum absolute atomic E-state index is 0.00138. The molecule has 0 saturated carbocycles. The van der Waals surface area contributed by atoms with Gasteiger partial charge in [0.2, 0.25) is 0 Å². The van der Waals surface area contributed by atoms with Gasteiger partial charge in [-0.3, -0.25) is 10.1 Å². The zero-order valence-electron chi connectivity index (χ0n) is 15.1. The highest BCUT2D eigenvalue weighted by Crippen LogP contribution is 2.32. The van der Waals surface area contributed by atoms with Gasteiger partial charge in [-0.2, -0.15) is 0 Å². The van der Waals surface area contributed by atoms with Crippen LogP contribution in [-0.2, 0) is 20.9 Å². The maximum atomic E-state index is 12.0. The molecule has 0 unspecified atom stereocenters. The van der Waals surface area contributed by atoms with Crippen molar-refractivity contribution >= 4 is 17.2 Å². The average molecular weight is 373 g/mol. The second-order valence-corrected chi connectivity index (χ2v) is 5.30. The van der Waals surface area contributed by atoms with Crippen LogP contribution in [0, 0.1) is 10.1 Å². The first-order valence-electron chi connectivity index (χ1n) is 7.86. The molecule has 0 amide bonds. The first kappa shape index (κ1) is 19.8. The van der Waals surface area contributed by atoms with E-state index in [4.69, 9.17) is 18.9 Å². The zero-order valence-corrected chi connectivity index (χ0v) is 15.1. The lowest BCUT2D eigenvalue weighted by molar-refractivity contribution is -0.386. The largest absolute Gasteiger partial charge is 0.503 e. The maximum Gasteiger partial charge on any atom is 0.341 e. The van der Waals surface area contributed by atoms with Crippen molar-refractivity contribution in [1.82, 2.24) is 0 Å². The van der Waals surface area contributed by atoms with Crippen LogP contribution < -0.4 is 9.47 Å². The van der Waals surface area contributed by atoms with Crippen molar-refractivity contribution in [2.75, 3.05) is 21.3 Å². The highest BCUT2D eigenvalue weighted by Gasteiger charge is 2.19. The summed E-state index contributed by atoms with van der Waals surface area (Å²) in [6.07, 6.45) is 1.28. The molecule has 2 rings (SSSR count). The summed E-state index contributed by atoms with van der Waals surface area (Å²) in [6.45, 7) is 0.00138. The summed E-state index contributed by atoms with van der Waals surface area (Å²) in [5, 5.41) is 11.3. The number of hydrogen-bond acceptors (Lipinski definition) is 7. The third-order valence-corrected chi connectivity index (χ3v) is 3.69. The summed E-state index contributed by atoms with van der Waals surface area (Å²) in [5.74, 6) is -0.129. The number of esters is 1. The molecule has 8 nitrogen and oxygen atoms in total. The van der Waals surface area contributed by atoms with E-state index < -0.39 is 10.9 Å². The molecule has 0 N–H and O–H groups in total. The van der Waals surface area contributed by atoms with Gasteiger partial charge in [0.1, 0.15) is 17.9 Å². The molecule has 0 bridgehead atoms. The number of rotatable bonds is 8.